The summed E-state index contributed by atoms with van der Waals surface area (Å²) in [5, 5.41) is 9.35. The van der Waals surface area contributed by atoms with Crippen molar-refractivity contribution in [2.24, 2.45) is 4.99 Å². The van der Waals surface area contributed by atoms with Gasteiger partial charge in [0.25, 0.3) is 0 Å². The van der Waals surface area contributed by atoms with E-state index in [2.05, 4.69) is 27.6 Å². The topological polar surface area (TPSA) is 80.4 Å². The van der Waals surface area contributed by atoms with Gasteiger partial charge in [-0.15, -0.1) is 12.6 Å². The minimum atomic E-state index is -1.06. The van der Waals surface area contributed by atoms with Gasteiger partial charge in [0.2, 0.25) is 0 Å². The van der Waals surface area contributed by atoms with Crippen LogP contribution in [0.4, 0.5) is 0 Å². The molecule has 3 aromatic rings. The maximum Gasteiger partial charge on any atom is 0.356 e. The van der Waals surface area contributed by atoms with Crippen molar-refractivity contribution in [2.75, 3.05) is 0 Å². The van der Waals surface area contributed by atoms with Crippen LogP contribution in [0.25, 0.3) is 5.69 Å². The van der Waals surface area contributed by atoms with Crippen molar-refractivity contribution in [1.82, 2.24) is 14.5 Å². The Balaban J connectivity index is 2.00. The fourth-order valence-electron chi connectivity index (χ4n) is 2.80. The van der Waals surface area contributed by atoms with Gasteiger partial charge in [0.15, 0.2) is 5.69 Å². The quantitative estimate of drug-likeness (QED) is 0.705. The first kappa shape index (κ1) is 14.6. The van der Waals surface area contributed by atoms with Gasteiger partial charge >= 0.3 is 5.97 Å². The largest absolute Gasteiger partial charge is 0.476 e. The zero-order valence-corrected chi connectivity index (χ0v) is 13.3. The number of hydrogen-bond acceptors (Lipinski definition) is 5. The molecular formula is C17H12N4O2S. The van der Waals surface area contributed by atoms with Gasteiger partial charge in [-0.25, -0.2) is 9.78 Å². The maximum atomic E-state index is 11.4. The molecule has 1 aliphatic heterocycles. The van der Waals surface area contributed by atoms with Gasteiger partial charge < -0.3 is 5.11 Å². The smallest absolute Gasteiger partial charge is 0.356 e. The highest BCUT2D eigenvalue weighted by Crippen LogP contribution is 2.27. The van der Waals surface area contributed by atoms with Gasteiger partial charge in [-0.1, -0.05) is 6.07 Å². The lowest BCUT2D eigenvalue weighted by Crippen LogP contribution is -2.08. The van der Waals surface area contributed by atoms with E-state index in [1.807, 2.05) is 36.4 Å². The van der Waals surface area contributed by atoms with Crippen LogP contribution in [0, 0.1) is 0 Å². The highest BCUT2D eigenvalue weighted by Gasteiger charge is 2.24. The zero-order chi connectivity index (χ0) is 16.7. The third-order valence-corrected chi connectivity index (χ3v) is 4.14. The average molecular weight is 336 g/mol. The summed E-state index contributed by atoms with van der Waals surface area (Å²) >= 11 is 4.42. The van der Waals surface area contributed by atoms with E-state index in [-0.39, 0.29) is 12.2 Å². The molecule has 24 heavy (non-hydrogen) atoms. The van der Waals surface area contributed by atoms with Crippen LogP contribution in [0.2, 0.25) is 0 Å². The lowest BCUT2D eigenvalue weighted by atomic mass is 10.0. The molecule has 0 saturated carbocycles. The summed E-state index contributed by atoms with van der Waals surface area (Å²) in [6.45, 7) is 0.212. The van der Waals surface area contributed by atoms with E-state index in [0.29, 0.717) is 11.4 Å². The molecule has 6 nitrogen and oxygen atoms in total. The number of rotatable bonds is 2. The molecule has 118 valence electrons. The fourth-order valence-corrected chi connectivity index (χ4v) is 3.00. The van der Waals surface area contributed by atoms with Crippen LogP contribution in [-0.2, 0) is 6.54 Å². The van der Waals surface area contributed by atoms with Gasteiger partial charge in [0, 0.05) is 16.7 Å². The Kier molecular flexibility index (Phi) is 3.42. The Labute approximate surface area is 142 Å². The van der Waals surface area contributed by atoms with Crippen molar-refractivity contribution < 1.29 is 9.90 Å². The standard InChI is InChI=1S/C17H12N4O2S/c22-17(23)16-14-8-19-15(12-3-1-2-6-18-12)11-7-10(24)4-5-13(11)21(14)9-20-16/h1-7,9,24H,8H2,(H,22,23). The van der Waals surface area contributed by atoms with Crippen LogP contribution in [-0.4, -0.2) is 31.3 Å². The molecule has 3 heterocycles. The molecule has 0 aliphatic carbocycles. The van der Waals surface area contributed by atoms with Crippen molar-refractivity contribution >= 4 is 24.3 Å². The second-order valence-electron chi connectivity index (χ2n) is 5.30. The van der Waals surface area contributed by atoms with Gasteiger partial charge in [0.1, 0.15) is 6.33 Å². The van der Waals surface area contributed by atoms with E-state index < -0.39 is 5.97 Å². The van der Waals surface area contributed by atoms with E-state index >= 15 is 0 Å². The minimum absolute atomic E-state index is 0.0157. The van der Waals surface area contributed by atoms with Crippen LogP contribution in [0.15, 0.2) is 58.8 Å². The van der Waals surface area contributed by atoms with Crippen LogP contribution in [0.1, 0.15) is 27.4 Å². The number of aromatic nitrogens is 3. The van der Waals surface area contributed by atoms with Crippen molar-refractivity contribution in [3.63, 3.8) is 0 Å². The summed E-state index contributed by atoms with van der Waals surface area (Å²) in [5.41, 5.74) is 3.65. The molecule has 0 radical (unpaired) electrons. The Morgan fingerprint density at radius 2 is 2.08 bits per heavy atom. The van der Waals surface area contributed by atoms with Crippen LogP contribution in [0.5, 0.6) is 0 Å². The Morgan fingerprint density at radius 1 is 1.21 bits per heavy atom. The molecule has 2 aromatic heterocycles. The number of thiol groups is 1. The second-order valence-corrected chi connectivity index (χ2v) is 5.81. The molecular weight excluding hydrogens is 324 g/mol. The number of hydrogen-bond donors (Lipinski definition) is 2. The third kappa shape index (κ3) is 2.30. The first-order chi connectivity index (χ1) is 11.6. The molecule has 4 rings (SSSR count). The number of carboxylic acids is 1. The molecule has 0 amide bonds. The van der Waals surface area contributed by atoms with Crippen LogP contribution < -0.4 is 0 Å². The van der Waals surface area contributed by atoms with Crippen LogP contribution >= 0.6 is 12.6 Å². The predicted octanol–water partition coefficient (Wildman–Crippen LogP) is 2.61. The molecule has 0 fully saturated rings. The Bertz CT molecular complexity index is 980. The molecule has 0 saturated heterocycles. The van der Waals surface area contributed by atoms with Crippen LogP contribution in [0.3, 0.4) is 0 Å². The number of aromatic carboxylic acids is 1. The predicted molar refractivity (Wildman–Crippen MR) is 91.4 cm³/mol. The van der Waals surface area contributed by atoms with Gasteiger partial charge in [0.05, 0.1) is 29.3 Å². The van der Waals surface area contributed by atoms with E-state index in [1.54, 1.807) is 10.8 Å². The molecule has 0 unspecified atom stereocenters. The summed E-state index contributed by atoms with van der Waals surface area (Å²) in [5.74, 6) is -1.06. The minimum Gasteiger partial charge on any atom is -0.476 e. The number of nitrogens with zero attached hydrogens (tertiary/aromatic N) is 4. The van der Waals surface area contributed by atoms with E-state index in [9.17, 15) is 9.90 Å². The molecule has 1 N–H and O–H groups in total. The number of imidazole rings is 1. The normalized spacial score (nSPS) is 12.8. The van der Waals surface area contributed by atoms with E-state index in [1.165, 1.54) is 6.33 Å². The molecule has 0 bridgehead atoms. The van der Waals surface area contributed by atoms with Crippen molar-refractivity contribution in [3.05, 3.63) is 71.6 Å². The summed E-state index contributed by atoms with van der Waals surface area (Å²) in [6, 6.07) is 11.3. The van der Waals surface area contributed by atoms with Gasteiger partial charge in [-0.2, -0.15) is 0 Å². The highest BCUT2D eigenvalue weighted by atomic mass is 32.1. The number of aliphatic imine (C=N–C) groups is 1. The summed E-state index contributed by atoms with van der Waals surface area (Å²) in [4.78, 5) is 25.2. The van der Waals surface area contributed by atoms with E-state index in [0.717, 1.165) is 21.8 Å². The first-order valence-corrected chi connectivity index (χ1v) is 7.69. The number of benzene rings is 1. The van der Waals surface area contributed by atoms with Crippen molar-refractivity contribution in [1.29, 1.82) is 0 Å². The number of carboxylic acid groups (broad SMARTS) is 1. The highest BCUT2D eigenvalue weighted by molar-refractivity contribution is 7.80. The number of fused-ring (bicyclic) bond motifs is 3. The average Bonchev–Trinajstić information content (AvgIpc) is 2.94. The zero-order valence-electron chi connectivity index (χ0n) is 12.4. The molecule has 7 heteroatoms. The van der Waals surface area contributed by atoms with Crippen molar-refractivity contribution in [3.8, 4) is 5.69 Å². The van der Waals surface area contributed by atoms with Gasteiger partial charge in [-0.05, 0) is 30.3 Å². The van der Waals surface area contributed by atoms with Crippen molar-refractivity contribution in [2.45, 2.75) is 11.4 Å². The SMILES string of the molecule is O=C(O)c1ncn2c1CN=C(c1ccccn1)c1cc(S)ccc1-2. The molecule has 1 aromatic carbocycles. The first-order valence-electron chi connectivity index (χ1n) is 7.24. The monoisotopic (exact) mass is 336 g/mol. The molecule has 1 aliphatic rings. The fraction of sp³-hybridized carbons (Fsp3) is 0.0588. The summed E-state index contributed by atoms with van der Waals surface area (Å²) in [7, 11) is 0. The molecule has 0 spiro atoms. The Morgan fingerprint density at radius 3 is 2.83 bits per heavy atom. The number of carbonyl (C=O) groups is 1. The number of pyridine rings is 1. The summed E-state index contributed by atoms with van der Waals surface area (Å²) in [6.07, 6.45) is 3.23. The Hall–Kier alpha value is -2.93. The second kappa shape index (κ2) is 5.61. The third-order valence-electron chi connectivity index (χ3n) is 3.86. The summed E-state index contributed by atoms with van der Waals surface area (Å²) < 4.78 is 1.77. The maximum absolute atomic E-state index is 11.4. The lowest BCUT2D eigenvalue weighted by Gasteiger charge is -2.11. The van der Waals surface area contributed by atoms with Gasteiger partial charge in [-0.3, -0.25) is 14.5 Å². The lowest BCUT2D eigenvalue weighted by molar-refractivity contribution is 0.0689. The van der Waals surface area contributed by atoms with E-state index in [4.69, 9.17) is 0 Å². The molecule has 0 atom stereocenters.